The predicted octanol–water partition coefficient (Wildman–Crippen LogP) is 2.73. The van der Waals surface area contributed by atoms with Crippen LogP contribution in [0, 0.1) is 0 Å². The van der Waals surface area contributed by atoms with Gasteiger partial charge in [0, 0.05) is 12.1 Å². The molecule has 0 saturated heterocycles. The molecule has 25 heavy (non-hydrogen) atoms. The Balaban J connectivity index is 1.64. The molecule has 0 radical (unpaired) electrons. The van der Waals surface area contributed by atoms with Crippen LogP contribution in [-0.4, -0.2) is 35.1 Å². The highest BCUT2D eigenvalue weighted by atomic mass is 16.5. The normalized spacial score (nSPS) is 15.0. The van der Waals surface area contributed by atoms with Crippen molar-refractivity contribution in [2.24, 2.45) is 0 Å². The van der Waals surface area contributed by atoms with Gasteiger partial charge in [-0.2, -0.15) is 0 Å². The first-order chi connectivity index (χ1) is 12.2. The molecular formula is C18H24N4O3. The maximum atomic E-state index is 12.4. The molecule has 1 saturated carbocycles. The second kappa shape index (κ2) is 8.00. The van der Waals surface area contributed by atoms with Crippen molar-refractivity contribution in [2.45, 2.75) is 44.7 Å². The fourth-order valence-electron chi connectivity index (χ4n) is 3.19. The van der Waals surface area contributed by atoms with Gasteiger partial charge in [0.1, 0.15) is 11.5 Å². The minimum absolute atomic E-state index is 0.244. The van der Waals surface area contributed by atoms with Gasteiger partial charge >= 0.3 is 0 Å². The molecule has 1 aromatic heterocycles. The van der Waals surface area contributed by atoms with E-state index in [4.69, 9.17) is 9.47 Å². The van der Waals surface area contributed by atoms with Gasteiger partial charge in [0.05, 0.1) is 26.5 Å². The highest BCUT2D eigenvalue weighted by molar-refractivity contribution is 5.91. The van der Waals surface area contributed by atoms with E-state index < -0.39 is 0 Å². The van der Waals surface area contributed by atoms with Gasteiger partial charge in [-0.3, -0.25) is 4.79 Å². The van der Waals surface area contributed by atoms with Crippen LogP contribution in [0.5, 0.6) is 11.5 Å². The summed E-state index contributed by atoms with van der Waals surface area (Å²) in [4.78, 5) is 12.4. The Morgan fingerprint density at radius 2 is 2.04 bits per heavy atom. The van der Waals surface area contributed by atoms with Crippen LogP contribution in [0.2, 0.25) is 0 Å². The Kier molecular flexibility index (Phi) is 5.53. The third-order valence-electron chi connectivity index (χ3n) is 4.62. The van der Waals surface area contributed by atoms with Crippen molar-refractivity contribution >= 4 is 5.91 Å². The fourth-order valence-corrected chi connectivity index (χ4v) is 3.19. The molecule has 2 aromatic rings. The quantitative estimate of drug-likeness (QED) is 0.872. The Labute approximate surface area is 147 Å². The van der Waals surface area contributed by atoms with Crippen LogP contribution in [0.25, 0.3) is 0 Å². The SMILES string of the molecule is COc1ccc(OC)c(CNC(=O)c2cn(C3CCCCC3)nn2)c1. The number of aromatic nitrogens is 3. The summed E-state index contributed by atoms with van der Waals surface area (Å²) in [6.45, 7) is 0.329. The number of nitrogens with one attached hydrogen (secondary N) is 1. The first-order valence-electron chi connectivity index (χ1n) is 8.62. The van der Waals surface area contributed by atoms with Crippen molar-refractivity contribution < 1.29 is 14.3 Å². The van der Waals surface area contributed by atoms with E-state index in [9.17, 15) is 4.79 Å². The van der Waals surface area contributed by atoms with E-state index in [2.05, 4.69) is 15.6 Å². The summed E-state index contributed by atoms with van der Waals surface area (Å²) in [5.41, 5.74) is 1.18. The zero-order valence-electron chi connectivity index (χ0n) is 14.7. The highest BCUT2D eigenvalue weighted by Gasteiger charge is 2.19. The number of nitrogens with zero attached hydrogens (tertiary/aromatic N) is 3. The lowest BCUT2D eigenvalue weighted by atomic mass is 9.96. The summed E-state index contributed by atoms with van der Waals surface area (Å²) >= 11 is 0. The van der Waals surface area contributed by atoms with Gasteiger partial charge in [0.15, 0.2) is 5.69 Å². The van der Waals surface area contributed by atoms with Crippen LogP contribution in [-0.2, 0) is 6.54 Å². The number of rotatable bonds is 6. The molecule has 0 atom stereocenters. The second-order valence-corrected chi connectivity index (χ2v) is 6.24. The maximum Gasteiger partial charge on any atom is 0.273 e. The van der Waals surface area contributed by atoms with Gasteiger partial charge in [0.25, 0.3) is 5.91 Å². The lowest BCUT2D eigenvalue weighted by Crippen LogP contribution is -2.23. The van der Waals surface area contributed by atoms with Crippen LogP contribution in [0.1, 0.15) is 54.2 Å². The molecule has 1 aliphatic rings. The molecule has 0 bridgehead atoms. The largest absolute Gasteiger partial charge is 0.497 e. The average Bonchev–Trinajstić information content (AvgIpc) is 3.17. The van der Waals surface area contributed by atoms with E-state index in [0.717, 1.165) is 18.4 Å². The first-order valence-corrected chi connectivity index (χ1v) is 8.62. The molecule has 1 aliphatic carbocycles. The van der Waals surface area contributed by atoms with Crippen LogP contribution >= 0.6 is 0 Å². The smallest absolute Gasteiger partial charge is 0.273 e. The fraction of sp³-hybridized carbons (Fsp3) is 0.500. The lowest BCUT2D eigenvalue weighted by Gasteiger charge is -2.20. The number of benzene rings is 1. The third-order valence-corrected chi connectivity index (χ3v) is 4.62. The molecule has 0 unspecified atom stereocenters. The molecule has 1 N–H and O–H groups in total. The zero-order valence-corrected chi connectivity index (χ0v) is 14.7. The van der Waals surface area contributed by atoms with E-state index >= 15 is 0 Å². The van der Waals surface area contributed by atoms with E-state index in [-0.39, 0.29) is 5.91 Å². The van der Waals surface area contributed by atoms with Crippen molar-refractivity contribution in [2.75, 3.05) is 14.2 Å². The van der Waals surface area contributed by atoms with Crippen LogP contribution in [0.4, 0.5) is 0 Å². The maximum absolute atomic E-state index is 12.4. The van der Waals surface area contributed by atoms with E-state index in [1.54, 1.807) is 20.4 Å². The summed E-state index contributed by atoms with van der Waals surface area (Å²) in [7, 11) is 3.20. The summed E-state index contributed by atoms with van der Waals surface area (Å²) in [6, 6.07) is 5.85. The number of ether oxygens (including phenoxy) is 2. The number of amides is 1. The number of carbonyl (C=O) groups excluding carboxylic acids is 1. The summed E-state index contributed by atoms with van der Waals surface area (Å²) < 4.78 is 12.4. The second-order valence-electron chi connectivity index (χ2n) is 6.24. The van der Waals surface area contributed by atoms with Crippen molar-refractivity contribution in [1.29, 1.82) is 0 Å². The molecule has 7 nitrogen and oxygen atoms in total. The predicted molar refractivity (Wildman–Crippen MR) is 92.9 cm³/mol. The lowest BCUT2D eigenvalue weighted by molar-refractivity contribution is 0.0945. The molecule has 1 heterocycles. The van der Waals surface area contributed by atoms with E-state index in [0.29, 0.717) is 29.8 Å². The van der Waals surface area contributed by atoms with Gasteiger partial charge < -0.3 is 14.8 Å². The minimum atomic E-state index is -0.244. The van der Waals surface area contributed by atoms with Gasteiger partial charge in [0.2, 0.25) is 0 Å². The van der Waals surface area contributed by atoms with Crippen molar-refractivity contribution in [3.05, 3.63) is 35.7 Å². The van der Waals surface area contributed by atoms with Gasteiger partial charge in [-0.15, -0.1) is 5.10 Å². The molecule has 0 aliphatic heterocycles. The Morgan fingerprint density at radius 1 is 1.24 bits per heavy atom. The van der Waals surface area contributed by atoms with Crippen LogP contribution in [0.15, 0.2) is 24.4 Å². The Morgan fingerprint density at radius 3 is 2.76 bits per heavy atom. The Bertz CT molecular complexity index is 723. The number of hydrogen-bond donors (Lipinski definition) is 1. The van der Waals surface area contributed by atoms with Gasteiger partial charge in [-0.25, -0.2) is 4.68 Å². The van der Waals surface area contributed by atoms with Crippen molar-refractivity contribution in [3.63, 3.8) is 0 Å². The number of hydrogen-bond acceptors (Lipinski definition) is 5. The topological polar surface area (TPSA) is 78.3 Å². The minimum Gasteiger partial charge on any atom is -0.497 e. The monoisotopic (exact) mass is 344 g/mol. The van der Waals surface area contributed by atoms with Crippen LogP contribution in [0.3, 0.4) is 0 Å². The first kappa shape index (κ1) is 17.3. The molecular weight excluding hydrogens is 320 g/mol. The standard InChI is InChI=1S/C18H24N4O3/c1-24-15-8-9-17(25-2)13(10-15)11-19-18(23)16-12-22(21-20-16)14-6-4-3-5-7-14/h8-10,12,14H,3-7,11H2,1-2H3,(H,19,23). The van der Waals surface area contributed by atoms with Gasteiger partial charge in [-0.05, 0) is 31.0 Å². The molecule has 1 aromatic carbocycles. The molecule has 3 rings (SSSR count). The Hall–Kier alpha value is -2.57. The van der Waals surface area contributed by atoms with E-state index in [1.807, 2.05) is 22.9 Å². The molecule has 1 fully saturated rings. The number of methoxy groups -OCH3 is 2. The van der Waals surface area contributed by atoms with Gasteiger partial charge in [-0.1, -0.05) is 24.5 Å². The summed E-state index contributed by atoms with van der Waals surface area (Å²) in [6.07, 6.45) is 7.65. The van der Waals surface area contributed by atoms with E-state index in [1.165, 1.54) is 19.3 Å². The molecule has 0 spiro atoms. The van der Waals surface area contributed by atoms with Crippen molar-refractivity contribution in [1.82, 2.24) is 20.3 Å². The summed E-state index contributed by atoms with van der Waals surface area (Å²) in [5, 5.41) is 11.0. The van der Waals surface area contributed by atoms with Crippen molar-refractivity contribution in [3.8, 4) is 11.5 Å². The number of carbonyl (C=O) groups is 1. The molecule has 1 amide bonds. The molecule has 134 valence electrons. The average molecular weight is 344 g/mol. The molecule has 7 heteroatoms. The highest BCUT2D eigenvalue weighted by Crippen LogP contribution is 2.27. The summed E-state index contributed by atoms with van der Waals surface area (Å²) in [5.74, 6) is 1.17. The zero-order chi connectivity index (χ0) is 17.6. The third kappa shape index (κ3) is 4.10. The van der Waals surface area contributed by atoms with Crippen LogP contribution < -0.4 is 14.8 Å².